The van der Waals surface area contributed by atoms with Gasteiger partial charge in [0.2, 0.25) is 0 Å². The summed E-state index contributed by atoms with van der Waals surface area (Å²) >= 11 is 0. The Morgan fingerprint density at radius 2 is 1.83 bits per heavy atom. The first-order valence-corrected chi connectivity index (χ1v) is 3.46. The van der Waals surface area contributed by atoms with E-state index in [-0.39, 0.29) is 16.9 Å². The van der Waals surface area contributed by atoms with E-state index in [2.05, 4.69) is 0 Å². The quantitative estimate of drug-likeness (QED) is 0.637. The first kappa shape index (κ1) is 8.77. The van der Waals surface area contributed by atoms with Gasteiger partial charge in [0.1, 0.15) is 0 Å². The molecule has 0 bridgehead atoms. The van der Waals surface area contributed by atoms with Gasteiger partial charge in [-0.25, -0.2) is 8.78 Å². The molecule has 0 saturated heterocycles. The molecule has 0 unspecified atom stereocenters. The molecule has 0 saturated carbocycles. The van der Waals surface area contributed by atoms with E-state index in [9.17, 15) is 8.78 Å². The number of rotatable bonds is 1. The molecule has 4 heteroatoms. The van der Waals surface area contributed by atoms with Crippen LogP contribution in [0.2, 0.25) is 0 Å². The summed E-state index contributed by atoms with van der Waals surface area (Å²) < 4.78 is 24.7. The van der Waals surface area contributed by atoms with Gasteiger partial charge < -0.3 is 11.5 Å². The summed E-state index contributed by atoms with van der Waals surface area (Å²) in [4.78, 5) is 0. The molecule has 66 valence electrons. The Bertz CT molecular complexity index is 297. The fourth-order valence-corrected chi connectivity index (χ4v) is 1.05. The highest BCUT2D eigenvalue weighted by molar-refractivity contribution is 5.69. The summed E-state index contributed by atoms with van der Waals surface area (Å²) in [7, 11) is 0. The van der Waals surface area contributed by atoms with Crippen LogP contribution in [0, 0.1) is 6.92 Å². The average Bonchev–Trinajstić information content (AvgIpc) is 1.97. The van der Waals surface area contributed by atoms with Crippen molar-refractivity contribution < 1.29 is 8.78 Å². The Morgan fingerprint density at radius 1 is 1.25 bits per heavy atom. The van der Waals surface area contributed by atoms with E-state index in [1.807, 2.05) is 0 Å². The number of halogens is 2. The first-order chi connectivity index (χ1) is 5.54. The number of anilines is 2. The minimum absolute atomic E-state index is 0.00926. The summed E-state index contributed by atoms with van der Waals surface area (Å²) in [6.07, 6.45) is -2.56. The van der Waals surface area contributed by atoms with Crippen molar-refractivity contribution in [1.29, 1.82) is 0 Å². The van der Waals surface area contributed by atoms with Crippen LogP contribution in [0.5, 0.6) is 0 Å². The largest absolute Gasteiger partial charge is 0.397 e. The highest BCUT2D eigenvalue weighted by Gasteiger charge is 2.15. The van der Waals surface area contributed by atoms with Crippen molar-refractivity contribution in [2.75, 3.05) is 11.5 Å². The van der Waals surface area contributed by atoms with Crippen molar-refractivity contribution in [2.45, 2.75) is 13.3 Å². The average molecular weight is 172 g/mol. The number of benzene rings is 1. The van der Waals surface area contributed by atoms with Crippen molar-refractivity contribution in [3.63, 3.8) is 0 Å². The molecule has 4 N–H and O–H groups in total. The molecule has 0 radical (unpaired) electrons. The van der Waals surface area contributed by atoms with Gasteiger partial charge in [0, 0.05) is 5.56 Å². The van der Waals surface area contributed by atoms with Crippen LogP contribution in [0.25, 0.3) is 0 Å². The molecule has 0 amide bonds. The van der Waals surface area contributed by atoms with Crippen LogP contribution in [0.4, 0.5) is 20.2 Å². The second-order valence-electron chi connectivity index (χ2n) is 2.60. The highest BCUT2D eigenvalue weighted by atomic mass is 19.3. The van der Waals surface area contributed by atoms with E-state index in [4.69, 9.17) is 11.5 Å². The van der Waals surface area contributed by atoms with Gasteiger partial charge in [0.15, 0.2) is 0 Å². The van der Waals surface area contributed by atoms with E-state index in [0.29, 0.717) is 5.56 Å². The summed E-state index contributed by atoms with van der Waals surface area (Å²) in [5.74, 6) is 0. The third kappa shape index (κ3) is 1.32. The van der Waals surface area contributed by atoms with Crippen LogP contribution >= 0.6 is 0 Å². The lowest BCUT2D eigenvalue weighted by molar-refractivity contribution is 0.151. The zero-order valence-electron chi connectivity index (χ0n) is 6.64. The molecular weight excluding hydrogens is 162 g/mol. The maximum atomic E-state index is 12.3. The van der Waals surface area contributed by atoms with Gasteiger partial charge in [0.05, 0.1) is 11.4 Å². The summed E-state index contributed by atoms with van der Waals surface area (Å²) in [5, 5.41) is 0. The van der Waals surface area contributed by atoms with E-state index in [1.54, 1.807) is 6.92 Å². The second-order valence-corrected chi connectivity index (χ2v) is 2.60. The van der Waals surface area contributed by atoms with Crippen molar-refractivity contribution in [3.05, 3.63) is 23.3 Å². The Morgan fingerprint density at radius 3 is 2.25 bits per heavy atom. The topological polar surface area (TPSA) is 52.0 Å². The molecule has 1 aromatic rings. The Balaban J connectivity index is 3.33. The molecule has 0 aliphatic heterocycles. The zero-order valence-corrected chi connectivity index (χ0v) is 6.64. The monoisotopic (exact) mass is 172 g/mol. The fraction of sp³-hybridized carbons (Fsp3) is 0.250. The van der Waals surface area contributed by atoms with Gasteiger partial charge in [-0.3, -0.25) is 0 Å². The number of nitrogens with two attached hydrogens (primary N) is 2. The molecular formula is C8H10F2N2. The Hall–Kier alpha value is -1.32. The number of nitrogen functional groups attached to an aromatic ring is 2. The number of alkyl halides is 2. The van der Waals surface area contributed by atoms with Crippen LogP contribution in [0.15, 0.2) is 12.1 Å². The number of hydrogen-bond donors (Lipinski definition) is 2. The first-order valence-electron chi connectivity index (χ1n) is 3.46. The van der Waals surface area contributed by atoms with Gasteiger partial charge in [-0.05, 0) is 18.6 Å². The van der Waals surface area contributed by atoms with E-state index in [0.717, 1.165) is 0 Å². The van der Waals surface area contributed by atoms with E-state index < -0.39 is 6.43 Å². The van der Waals surface area contributed by atoms with Gasteiger partial charge in [-0.1, -0.05) is 6.07 Å². The standard InChI is InChI=1S/C8H10F2N2/c1-4-2-3-5(11)7(12)6(4)8(9)10/h2-3,8H,11-12H2,1H3. The number of aryl methyl sites for hydroxylation is 1. The minimum Gasteiger partial charge on any atom is -0.397 e. The van der Waals surface area contributed by atoms with Crippen LogP contribution in [0.3, 0.4) is 0 Å². The van der Waals surface area contributed by atoms with Gasteiger partial charge in [-0.15, -0.1) is 0 Å². The predicted octanol–water partition coefficient (Wildman–Crippen LogP) is 2.10. The molecule has 12 heavy (non-hydrogen) atoms. The zero-order chi connectivity index (χ0) is 9.30. The maximum absolute atomic E-state index is 12.3. The van der Waals surface area contributed by atoms with Gasteiger partial charge in [0.25, 0.3) is 6.43 Å². The fourth-order valence-electron chi connectivity index (χ4n) is 1.05. The molecule has 0 spiro atoms. The molecule has 0 heterocycles. The molecule has 1 aromatic carbocycles. The maximum Gasteiger partial charge on any atom is 0.266 e. The number of hydrogen-bond acceptors (Lipinski definition) is 2. The summed E-state index contributed by atoms with van der Waals surface area (Å²) in [6, 6.07) is 3.06. The van der Waals surface area contributed by atoms with Gasteiger partial charge in [-0.2, -0.15) is 0 Å². The highest BCUT2D eigenvalue weighted by Crippen LogP contribution is 2.31. The van der Waals surface area contributed by atoms with Crippen LogP contribution in [-0.4, -0.2) is 0 Å². The summed E-state index contributed by atoms with van der Waals surface area (Å²) in [5.41, 5.74) is 11.3. The van der Waals surface area contributed by atoms with Gasteiger partial charge >= 0.3 is 0 Å². The smallest absolute Gasteiger partial charge is 0.266 e. The molecule has 0 fully saturated rings. The van der Waals surface area contributed by atoms with Crippen LogP contribution < -0.4 is 11.5 Å². The predicted molar refractivity (Wildman–Crippen MR) is 45.0 cm³/mol. The van der Waals surface area contributed by atoms with Crippen LogP contribution in [0.1, 0.15) is 17.6 Å². The summed E-state index contributed by atoms with van der Waals surface area (Å²) in [6.45, 7) is 1.58. The minimum atomic E-state index is -2.56. The Labute approximate surface area is 69.2 Å². The molecule has 1 rings (SSSR count). The molecule has 0 atom stereocenters. The molecule has 2 nitrogen and oxygen atoms in total. The third-order valence-corrected chi connectivity index (χ3v) is 1.76. The van der Waals surface area contributed by atoms with E-state index >= 15 is 0 Å². The third-order valence-electron chi connectivity index (χ3n) is 1.76. The lowest BCUT2D eigenvalue weighted by Gasteiger charge is -2.09. The molecule has 0 aliphatic carbocycles. The Kier molecular flexibility index (Phi) is 2.17. The van der Waals surface area contributed by atoms with Crippen molar-refractivity contribution in [3.8, 4) is 0 Å². The van der Waals surface area contributed by atoms with Crippen molar-refractivity contribution in [2.24, 2.45) is 0 Å². The van der Waals surface area contributed by atoms with Crippen LogP contribution in [-0.2, 0) is 0 Å². The lowest BCUT2D eigenvalue weighted by atomic mass is 10.1. The van der Waals surface area contributed by atoms with Crippen molar-refractivity contribution >= 4 is 11.4 Å². The molecule has 0 aromatic heterocycles. The SMILES string of the molecule is Cc1ccc(N)c(N)c1C(F)F. The lowest BCUT2D eigenvalue weighted by Crippen LogP contribution is -2.02. The normalized spacial score (nSPS) is 10.7. The van der Waals surface area contributed by atoms with E-state index in [1.165, 1.54) is 12.1 Å². The molecule has 0 aliphatic rings. The van der Waals surface area contributed by atoms with Crippen molar-refractivity contribution in [1.82, 2.24) is 0 Å². The second kappa shape index (κ2) is 2.97.